The first kappa shape index (κ1) is 19.0. The fourth-order valence-corrected chi connectivity index (χ4v) is 5.89. The van der Waals surface area contributed by atoms with E-state index >= 15 is 0 Å². The lowest BCUT2D eigenvalue weighted by Gasteiger charge is -2.34. The van der Waals surface area contributed by atoms with E-state index in [0.717, 1.165) is 59.3 Å². The van der Waals surface area contributed by atoms with Crippen LogP contribution < -0.4 is 9.80 Å². The van der Waals surface area contributed by atoms with Crippen LogP contribution in [0.4, 0.5) is 11.6 Å². The molecule has 1 saturated heterocycles. The molecule has 5 heterocycles. The summed E-state index contributed by atoms with van der Waals surface area (Å²) in [5.74, 6) is 2.16. The zero-order chi connectivity index (χ0) is 20.2. The monoisotopic (exact) mass is 411 g/mol. The normalized spacial score (nSPS) is 18.6. The minimum Gasteiger partial charge on any atom is -0.370 e. The summed E-state index contributed by atoms with van der Waals surface area (Å²) >= 11 is 1.75. The number of hydrogen-bond donors (Lipinski definition) is 0. The second kappa shape index (κ2) is 7.06. The van der Waals surface area contributed by atoms with Crippen molar-refractivity contribution in [1.29, 1.82) is 0 Å². The maximum absolute atomic E-state index is 6.22. The van der Waals surface area contributed by atoms with Crippen LogP contribution in [-0.2, 0) is 17.8 Å². The zero-order valence-corrected chi connectivity index (χ0v) is 18.6. The Morgan fingerprint density at radius 3 is 2.62 bits per heavy atom. The summed E-state index contributed by atoms with van der Waals surface area (Å²) in [5, 5.41) is 1.22. The van der Waals surface area contributed by atoms with Gasteiger partial charge in [-0.25, -0.2) is 15.0 Å². The van der Waals surface area contributed by atoms with E-state index < -0.39 is 0 Å². The van der Waals surface area contributed by atoms with Gasteiger partial charge in [0.2, 0.25) is 0 Å². The van der Waals surface area contributed by atoms with Gasteiger partial charge in [-0.1, -0.05) is 0 Å². The van der Waals surface area contributed by atoms with Crippen molar-refractivity contribution in [3.05, 3.63) is 17.5 Å². The summed E-state index contributed by atoms with van der Waals surface area (Å²) < 4.78 is 7.38. The van der Waals surface area contributed by atoms with Crippen LogP contribution in [0.1, 0.15) is 51.7 Å². The fourth-order valence-electron chi connectivity index (χ4n) is 4.72. The average Bonchev–Trinajstić information content (AvgIpc) is 3.35. The molecule has 0 aliphatic carbocycles. The molecule has 0 unspecified atom stereocenters. The van der Waals surface area contributed by atoms with Crippen LogP contribution in [0, 0.1) is 0 Å². The Labute approximate surface area is 175 Å². The molecule has 7 heteroatoms. The van der Waals surface area contributed by atoms with Crippen molar-refractivity contribution >= 4 is 43.4 Å². The number of aromatic nitrogens is 3. The Balaban J connectivity index is 1.81. The summed E-state index contributed by atoms with van der Waals surface area (Å²) in [4.78, 5) is 20.4. The third-order valence-corrected chi connectivity index (χ3v) is 7.32. The fraction of sp³-hybridized carbons (Fsp3) is 0.591. The van der Waals surface area contributed by atoms with Crippen LogP contribution >= 0.6 is 11.3 Å². The lowest BCUT2D eigenvalue weighted by atomic mass is 9.90. The molecule has 0 bridgehead atoms. The predicted molar refractivity (Wildman–Crippen MR) is 120 cm³/mol. The highest BCUT2D eigenvalue weighted by Crippen LogP contribution is 2.44. The molecule has 0 amide bonds. The first-order valence-corrected chi connectivity index (χ1v) is 11.6. The number of thiophene rings is 1. The van der Waals surface area contributed by atoms with Crippen molar-refractivity contribution in [2.24, 2.45) is 0 Å². The Morgan fingerprint density at radius 2 is 1.90 bits per heavy atom. The quantitative estimate of drug-likeness (QED) is 0.628. The molecule has 6 nitrogen and oxygen atoms in total. The lowest BCUT2D eigenvalue weighted by Crippen LogP contribution is -2.33. The summed E-state index contributed by atoms with van der Waals surface area (Å²) in [5.41, 5.74) is 3.52. The lowest BCUT2D eigenvalue weighted by molar-refractivity contribution is -0.0395. The number of fused-ring (bicyclic) bond motifs is 5. The Hall–Kier alpha value is -1.99. The molecular weight excluding hydrogens is 382 g/mol. The molecule has 0 saturated carbocycles. The van der Waals surface area contributed by atoms with E-state index in [0.29, 0.717) is 6.61 Å². The van der Waals surface area contributed by atoms with Gasteiger partial charge in [0.1, 0.15) is 22.8 Å². The van der Waals surface area contributed by atoms with E-state index in [-0.39, 0.29) is 5.60 Å². The molecule has 0 aromatic carbocycles. The van der Waals surface area contributed by atoms with Crippen LogP contribution in [0.5, 0.6) is 0 Å². The van der Waals surface area contributed by atoms with E-state index in [4.69, 9.17) is 14.7 Å². The minimum absolute atomic E-state index is 0.174. The van der Waals surface area contributed by atoms with Crippen LogP contribution in [0.15, 0.2) is 6.33 Å². The second-order valence-corrected chi connectivity index (χ2v) is 9.64. The van der Waals surface area contributed by atoms with E-state index in [9.17, 15) is 0 Å². The Morgan fingerprint density at radius 1 is 1.14 bits per heavy atom. The van der Waals surface area contributed by atoms with Gasteiger partial charge in [-0.3, -0.25) is 0 Å². The molecule has 0 N–H and O–H groups in total. The maximum Gasteiger partial charge on any atom is 0.150 e. The molecule has 1 fully saturated rings. The van der Waals surface area contributed by atoms with E-state index in [1.54, 1.807) is 17.7 Å². The summed E-state index contributed by atoms with van der Waals surface area (Å²) in [6.45, 7) is 13.4. The van der Waals surface area contributed by atoms with E-state index in [1.165, 1.54) is 29.4 Å². The third kappa shape index (κ3) is 3.06. The average molecular weight is 412 g/mol. The van der Waals surface area contributed by atoms with Crippen molar-refractivity contribution in [3.63, 3.8) is 0 Å². The van der Waals surface area contributed by atoms with Crippen molar-refractivity contribution in [3.8, 4) is 0 Å². The molecule has 154 valence electrons. The molecule has 5 rings (SSSR count). The topological polar surface area (TPSA) is 54.4 Å². The zero-order valence-electron chi connectivity index (χ0n) is 17.8. The van der Waals surface area contributed by atoms with Crippen molar-refractivity contribution in [2.75, 3.05) is 36.0 Å². The van der Waals surface area contributed by atoms with Crippen LogP contribution in [0.2, 0.25) is 0 Å². The SMILES string of the molecule is CCN(CC)c1ncnc2c1sc1nc(N3CCCC3)c3c(c12)CC(C)(C)OC3. The van der Waals surface area contributed by atoms with Crippen LogP contribution in [0.25, 0.3) is 20.4 Å². The molecule has 2 aliphatic rings. The number of hydrogen-bond acceptors (Lipinski definition) is 7. The summed E-state index contributed by atoms with van der Waals surface area (Å²) in [7, 11) is 0. The molecule has 0 atom stereocenters. The molecule has 2 aliphatic heterocycles. The predicted octanol–water partition coefficient (Wildman–Crippen LogP) is 4.54. The number of rotatable bonds is 4. The largest absolute Gasteiger partial charge is 0.370 e. The van der Waals surface area contributed by atoms with Gasteiger partial charge in [-0.15, -0.1) is 11.3 Å². The number of ether oxygens (including phenoxy) is 1. The van der Waals surface area contributed by atoms with E-state index in [2.05, 4.69) is 42.5 Å². The van der Waals surface area contributed by atoms with Gasteiger partial charge in [-0.2, -0.15) is 0 Å². The number of anilines is 2. The third-order valence-electron chi connectivity index (χ3n) is 6.26. The highest BCUT2D eigenvalue weighted by Gasteiger charge is 2.33. The van der Waals surface area contributed by atoms with Gasteiger partial charge >= 0.3 is 0 Å². The van der Waals surface area contributed by atoms with Crippen LogP contribution in [-0.4, -0.2) is 46.7 Å². The van der Waals surface area contributed by atoms with Crippen molar-refractivity contribution < 1.29 is 4.74 Å². The van der Waals surface area contributed by atoms with Crippen LogP contribution in [0.3, 0.4) is 0 Å². The standard InChI is InChI=1S/C22H29N5OS/c1-5-26(6-2)20-18-17(23-13-24-20)16-14-11-22(3,4)28-12-15(14)19(25-21(16)29-18)27-9-7-8-10-27/h13H,5-12H2,1-4H3. The second-order valence-electron chi connectivity index (χ2n) is 8.64. The Kier molecular flexibility index (Phi) is 4.62. The highest BCUT2D eigenvalue weighted by molar-refractivity contribution is 7.26. The first-order valence-electron chi connectivity index (χ1n) is 10.7. The molecular formula is C22H29N5OS. The van der Waals surface area contributed by atoms with Gasteiger partial charge in [0, 0.05) is 43.5 Å². The van der Waals surface area contributed by atoms with Crippen molar-refractivity contribution in [2.45, 2.75) is 59.2 Å². The molecule has 0 spiro atoms. The maximum atomic E-state index is 6.22. The van der Waals surface area contributed by atoms with Gasteiger partial charge in [0.25, 0.3) is 0 Å². The molecule has 3 aromatic heterocycles. The molecule has 3 aromatic rings. The highest BCUT2D eigenvalue weighted by atomic mass is 32.1. The van der Waals surface area contributed by atoms with Gasteiger partial charge in [-0.05, 0) is 46.1 Å². The molecule has 29 heavy (non-hydrogen) atoms. The van der Waals surface area contributed by atoms with Gasteiger partial charge in [0.05, 0.1) is 22.4 Å². The minimum atomic E-state index is -0.174. The smallest absolute Gasteiger partial charge is 0.150 e. The van der Waals surface area contributed by atoms with Gasteiger partial charge < -0.3 is 14.5 Å². The van der Waals surface area contributed by atoms with Crippen molar-refractivity contribution in [1.82, 2.24) is 15.0 Å². The van der Waals surface area contributed by atoms with E-state index in [1.807, 2.05) is 0 Å². The van der Waals surface area contributed by atoms with Gasteiger partial charge in [0.15, 0.2) is 0 Å². The number of nitrogens with zero attached hydrogens (tertiary/aromatic N) is 5. The molecule has 0 radical (unpaired) electrons. The summed E-state index contributed by atoms with van der Waals surface area (Å²) in [6, 6.07) is 0. The Bertz CT molecular complexity index is 1070. The first-order chi connectivity index (χ1) is 14.0. The number of pyridine rings is 1. The summed E-state index contributed by atoms with van der Waals surface area (Å²) in [6.07, 6.45) is 5.09.